The van der Waals surface area contributed by atoms with Gasteiger partial charge < -0.3 is 5.11 Å². The summed E-state index contributed by atoms with van der Waals surface area (Å²) in [6, 6.07) is 6.22. The van der Waals surface area contributed by atoms with E-state index in [0.717, 1.165) is 17.1 Å². The average molecular weight is 433 g/mol. The highest BCUT2D eigenvalue weighted by molar-refractivity contribution is 7.85. The normalized spacial score (nSPS) is 16.9. The summed E-state index contributed by atoms with van der Waals surface area (Å²) >= 11 is 0. The van der Waals surface area contributed by atoms with Gasteiger partial charge in [0.05, 0.1) is 21.2 Å². The van der Waals surface area contributed by atoms with Crippen LogP contribution in [0.2, 0.25) is 0 Å². The molecule has 1 atom stereocenters. The van der Waals surface area contributed by atoms with Gasteiger partial charge in [0.25, 0.3) is 16.0 Å². The lowest BCUT2D eigenvalue weighted by molar-refractivity contribution is -0.385. The number of nitrogens with zero attached hydrogens (tertiary/aromatic N) is 5. The molecule has 156 valence electrons. The molecule has 30 heavy (non-hydrogen) atoms. The van der Waals surface area contributed by atoms with Gasteiger partial charge in [-0.25, -0.2) is 0 Å². The number of nitro benzene ring substituents is 1. The van der Waals surface area contributed by atoms with Crippen molar-refractivity contribution in [3.63, 3.8) is 0 Å². The van der Waals surface area contributed by atoms with Crippen LogP contribution in [-0.2, 0) is 14.9 Å². The van der Waals surface area contributed by atoms with Gasteiger partial charge in [-0.05, 0) is 49.7 Å². The zero-order chi connectivity index (χ0) is 22.2. The average Bonchev–Trinajstić information content (AvgIpc) is 2.95. The summed E-state index contributed by atoms with van der Waals surface area (Å²) in [7, 11) is -4.38. The Morgan fingerprint density at radius 3 is 2.40 bits per heavy atom. The van der Waals surface area contributed by atoms with Crippen LogP contribution in [-0.4, -0.2) is 40.7 Å². The Labute approximate surface area is 170 Å². The van der Waals surface area contributed by atoms with E-state index in [9.17, 15) is 28.4 Å². The summed E-state index contributed by atoms with van der Waals surface area (Å²) in [5.41, 5.74) is 0.269. The predicted octanol–water partition coefficient (Wildman–Crippen LogP) is 2.73. The van der Waals surface area contributed by atoms with E-state index in [2.05, 4.69) is 15.3 Å². The van der Waals surface area contributed by atoms with E-state index in [4.69, 9.17) is 4.55 Å². The van der Waals surface area contributed by atoms with Crippen LogP contribution in [0.3, 0.4) is 0 Å². The summed E-state index contributed by atoms with van der Waals surface area (Å²) in [4.78, 5) is 22.6. The van der Waals surface area contributed by atoms with Crippen LogP contribution < -0.4 is 5.01 Å². The molecule has 1 amide bonds. The number of carbonyl (C=O) groups is 1. The minimum Gasteiger partial charge on any atom is -0.501 e. The predicted molar refractivity (Wildman–Crippen MR) is 105 cm³/mol. The van der Waals surface area contributed by atoms with Crippen molar-refractivity contribution in [2.45, 2.75) is 24.8 Å². The molecule has 0 spiro atoms. The quantitative estimate of drug-likeness (QED) is 0.315. The van der Waals surface area contributed by atoms with Crippen molar-refractivity contribution in [1.82, 2.24) is 0 Å². The number of phenols is 1. The molecule has 2 N–H and O–H groups in total. The van der Waals surface area contributed by atoms with E-state index in [-0.39, 0.29) is 22.0 Å². The monoisotopic (exact) mass is 433 g/mol. The maximum absolute atomic E-state index is 12.7. The molecular weight excluding hydrogens is 418 g/mol. The van der Waals surface area contributed by atoms with E-state index < -0.39 is 38.4 Å². The number of benzene rings is 2. The molecule has 13 heteroatoms. The second-order valence-electron chi connectivity index (χ2n) is 6.39. The first-order valence-electron chi connectivity index (χ1n) is 8.34. The second-order valence-corrected chi connectivity index (χ2v) is 7.81. The van der Waals surface area contributed by atoms with E-state index >= 15 is 0 Å². The molecular formula is C17H15N5O7S. The Morgan fingerprint density at radius 1 is 1.20 bits per heavy atom. The number of anilines is 1. The van der Waals surface area contributed by atoms with Gasteiger partial charge in [0.15, 0.2) is 6.04 Å². The van der Waals surface area contributed by atoms with Gasteiger partial charge in [-0.3, -0.25) is 19.5 Å². The van der Waals surface area contributed by atoms with Crippen molar-refractivity contribution in [2.24, 2.45) is 15.3 Å². The van der Waals surface area contributed by atoms with Crippen molar-refractivity contribution < 1.29 is 27.8 Å². The largest absolute Gasteiger partial charge is 0.501 e. The first-order chi connectivity index (χ1) is 14.0. The standard InChI is InChI=1S/C17H15N5O7S/c1-9-7-13(16(23)14(8-9)22(25)26)18-19-15-10(2)20-21(17(15)24)11-3-5-12(6-4-11)30(27,28)29/h3-8,15,23H,1-2H3,(H,27,28,29)/t15-/m0/s1. The Balaban J connectivity index is 1.87. The molecule has 2 aromatic rings. The fraction of sp³-hybridized carbons (Fsp3) is 0.176. The van der Waals surface area contributed by atoms with Gasteiger partial charge in [0.2, 0.25) is 5.75 Å². The number of phenolic OH excluding ortho intramolecular Hbond substituents is 1. The summed E-state index contributed by atoms with van der Waals surface area (Å²) < 4.78 is 31.3. The number of hydrogen-bond donors (Lipinski definition) is 2. The summed E-state index contributed by atoms with van der Waals surface area (Å²) in [5, 5.41) is 33.8. The molecule has 1 aliphatic rings. The Morgan fingerprint density at radius 2 is 1.83 bits per heavy atom. The van der Waals surface area contributed by atoms with Crippen molar-refractivity contribution in [2.75, 3.05) is 5.01 Å². The molecule has 0 fully saturated rings. The fourth-order valence-corrected chi connectivity index (χ4v) is 3.19. The van der Waals surface area contributed by atoms with Crippen LogP contribution in [0.4, 0.5) is 17.1 Å². The third kappa shape index (κ3) is 4.01. The lowest BCUT2D eigenvalue weighted by atomic mass is 10.2. The van der Waals surface area contributed by atoms with Crippen LogP contribution in [0.15, 0.2) is 56.6 Å². The maximum Gasteiger partial charge on any atom is 0.313 e. The van der Waals surface area contributed by atoms with Crippen molar-refractivity contribution in [3.8, 4) is 5.75 Å². The highest BCUT2D eigenvalue weighted by Gasteiger charge is 2.35. The summed E-state index contributed by atoms with van der Waals surface area (Å²) in [5.74, 6) is -1.27. The van der Waals surface area contributed by atoms with Crippen molar-refractivity contribution in [1.29, 1.82) is 0 Å². The first-order valence-corrected chi connectivity index (χ1v) is 9.78. The lowest BCUT2D eigenvalue weighted by Gasteiger charge is -2.12. The van der Waals surface area contributed by atoms with Crippen LogP contribution in [0.1, 0.15) is 12.5 Å². The number of hydrazone groups is 1. The number of azo groups is 1. The van der Waals surface area contributed by atoms with Gasteiger partial charge in [0.1, 0.15) is 5.69 Å². The van der Waals surface area contributed by atoms with Gasteiger partial charge in [-0.1, -0.05) is 0 Å². The third-order valence-electron chi connectivity index (χ3n) is 4.17. The molecule has 0 saturated heterocycles. The summed E-state index contributed by atoms with van der Waals surface area (Å²) in [6.45, 7) is 3.10. The molecule has 1 aliphatic heterocycles. The molecule has 2 aromatic carbocycles. The molecule has 0 radical (unpaired) electrons. The maximum atomic E-state index is 12.7. The highest BCUT2D eigenvalue weighted by Crippen LogP contribution is 2.37. The number of carbonyl (C=O) groups excluding carboxylic acids is 1. The molecule has 12 nitrogen and oxygen atoms in total. The molecule has 0 aliphatic carbocycles. The van der Waals surface area contributed by atoms with Crippen LogP contribution in [0.25, 0.3) is 0 Å². The smallest absolute Gasteiger partial charge is 0.313 e. The topological polar surface area (TPSA) is 175 Å². The number of nitro groups is 1. The van der Waals surface area contributed by atoms with E-state index in [1.54, 1.807) is 6.92 Å². The molecule has 0 bridgehead atoms. The summed E-state index contributed by atoms with van der Waals surface area (Å²) in [6.07, 6.45) is 0. The number of amides is 1. The number of aryl methyl sites for hydroxylation is 1. The van der Waals surface area contributed by atoms with E-state index in [1.165, 1.54) is 31.2 Å². The Hall–Kier alpha value is -3.71. The fourth-order valence-electron chi connectivity index (χ4n) is 2.71. The van der Waals surface area contributed by atoms with Crippen molar-refractivity contribution in [3.05, 3.63) is 52.1 Å². The van der Waals surface area contributed by atoms with Gasteiger partial charge >= 0.3 is 5.69 Å². The van der Waals surface area contributed by atoms with E-state index in [1.807, 2.05) is 0 Å². The SMILES string of the molecule is CC1=NN(c2ccc(S(=O)(=O)O)cc2)C(=O)[C@H]1N=Nc1cc(C)cc([N+](=O)[O-])c1O. The number of aromatic hydroxyl groups is 1. The minimum atomic E-state index is -4.38. The molecule has 0 aromatic heterocycles. The number of rotatable bonds is 5. The zero-order valence-corrected chi connectivity index (χ0v) is 16.4. The van der Waals surface area contributed by atoms with Gasteiger partial charge in [0, 0.05) is 6.07 Å². The van der Waals surface area contributed by atoms with Gasteiger partial charge in [-0.2, -0.15) is 28.8 Å². The third-order valence-corrected chi connectivity index (χ3v) is 5.03. The lowest BCUT2D eigenvalue weighted by Crippen LogP contribution is -2.29. The van der Waals surface area contributed by atoms with Gasteiger partial charge in [-0.15, -0.1) is 0 Å². The van der Waals surface area contributed by atoms with Crippen molar-refractivity contribution >= 4 is 38.8 Å². The molecule has 0 unspecified atom stereocenters. The molecule has 1 heterocycles. The van der Waals surface area contributed by atoms with E-state index in [0.29, 0.717) is 5.56 Å². The highest BCUT2D eigenvalue weighted by atomic mass is 32.2. The molecule has 0 saturated carbocycles. The zero-order valence-electron chi connectivity index (χ0n) is 15.6. The number of hydrogen-bond acceptors (Lipinski definition) is 9. The second kappa shape index (κ2) is 7.61. The Bertz CT molecular complexity index is 1210. The van der Waals surface area contributed by atoms with Crippen LogP contribution >= 0.6 is 0 Å². The minimum absolute atomic E-state index is 0.168. The van der Waals surface area contributed by atoms with Crippen LogP contribution in [0.5, 0.6) is 5.75 Å². The molecule has 3 rings (SSSR count). The first kappa shape index (κ1) is 21.0. The van der Waals surface area contributed by atoms with Crippen LogP contribution in [0, 0.1) is 17.0 Å². The Kier molecular flexibility index (Phi) is 5.33.